The molecule has 2 rings (SSSR count). The van der Waals surface area contributed by atoms with Crippen molar-refractivity contribution >= 4 is 17.3 Å². The van der Waals surface area contributed by atoms with E-state index in [9.17, 15) is 5.11 Å². The van der Waals surface area contributed by atoms with Crippen LogP contribution in [0.25, 0.3) is 0 Å². The molecule has 3 nitrogen and oxygen atoms in total. The first kappa shape index (κ1) is 12.2. The van der Waals surface area contributed by atoms with Gasteiger partial charge in [-0.15, -0.1) is 0 Å². The fourth-order valence-electron chi connectivity index (χ4n) is 2.81. The van der Waals surface area contributed by atoms with Crippen LogP contribution in [0, 0.1) is 0 Å². The summed E-state index contributed by atoms with van der Waals surface area (Å²) < 4.78 is 0. The minimum atomic E-state index is -0.167. The standard InChI is InChI=1S/C10H22N2OP2/c13-10-7-12(6-9(10)11-15-14)8-4-2-1-3-5-8/h8-11,13,15H,1-7,14H2/t9-,10-/m0/s1. The Kier molecular flexibility index (Phi) is 4.79. The highest BCUT2D eigenvalue weighted by Gasteiger charge is 2.34. The van der Waals surface area contributed by atoms with Gasteiger partial charge in [0.15, 0.2) is 0 Å². The molecule has 5 heteroatoms. The van der Waals surface area contributed by atoms with Crippen LogP contribution in [0.4, 0.5) is 0 Å². The molecule has 0 aromatic carbocycles. The van der Waals surface area contributed by atoms with E-state index < -0.39 is 0 Å². The van der Waals surface area contributed by atoms with Crippen molar-refractivity contribution in [2.24, 2.45) is 0 Å². The maximum Gasteiger partial charge on any atom is 0.0835 e. The predicted octanol–water partition coefficient (Wildman–Crippen LogP) is 1.34. The Hall–Kier alpha value is 0.740. The molecule has 0 radical (unpaired) electrons. The van der Waals surface area contributed by atoms with Crippen LogP contribution in [-0.4, -0.2) is 41.3 Å². The quantitative estimate of drug-likeness (QED) is 0.740. The van der Waals surface area contributed by atoms with Gasteiger partial charge in [0.1, 0.15) is 0 Å². The van der Waals surface area contributed by atoms with Crippen LogP contribution in [0.1, 0.15) is 32.1 Å². The number of hydrogen-bond acceptors (Lipinski definition) is 3. The molecule has 2 fully saturated rings. The lowest BCUT2D eigenvalue weighted by atomic mass is 9.94. The van der Waals surface area contributed by atoms with Crippen LogP contribution in [0.3, 0.4) is 0 Å². The van der Waals surface area contributed by atoms with E-state index in [2.05, 4.69) is 18.9 Å². The van der Waals surface area contributed by atoms with Crippen molar-refractivity contribution in [2.75, 3.05) is 13.1 Å². The smallest absolute Gasteiger partial charge is 0.0835 e. The van der Waals surface area contributed by atoms with Gasteiger partial charge in [-0.1, -0.05) is 28.2 Å². The summed E-state index contributed by atoms with van der Waals surface area (Å²) in [6, 6.07) is 1.04. The van der Waals surface area contributed by atoms with Gasteiger partial charge in [0.05, 0.1) is 12.1 Å². The van der Waals surface area contributed by atoms with E-state index in [0.717, 1.165) is 19.1 Å². The molecule has 1 aliphatic carbocycles. The highest BCUT2D eigenvalue weighted by atomic mass is 32.0. The molecule has 2 aliphatic rings. The Bertz CT molecular complexity index is 200. The number of rotatable bonds is 3. The number of nitrogens with zero attached hydrogens (tertiary/aromatic N) is 1. The first-order valence-corrected chi connectivity index (χ1v) is 8.75. The van der Waals surface area contributed by atoms with Gasteiger partial charge >= 0.3 is 0 Å². The molecule has 1 saturated heterocycles. The monoisotopic (exact) mass is 248 g/mol. The minimum Gasteiger partial charge on any atom is -0.390 e. The van der Waals surface area contributed by atoms with Gasteiger partial charge in [0, 0.05) is 19.1 Å². The van der Waals surface area contributed by atoms with Gasteiger partial charge < -0.3 is 5.11 Å². The lowest BCUT2D eigenvalue weighted by Gasteiger charge is -2.30. The van der Waals surface area contributed by atoms with Crippen molar-refractivity contribution in [3.63, 3.8) is 0 Å². The van der Waals surface area contributed by atoms with E-state index >= 15 is 0 Å². The number of hydrogen-bond donors (Lipinski definition) is 2. The van der Waals surface area contributed by atoms with Gasteiger partial charge in [-0.3, -0.25) is 9.99 Å². The first-order valence-electron chi connectivity index (χ1n) is 5.94. The van der Waals surface area contributed by atoms with Crippen molar-refractivity contribution < 1.29 is 5.11 Å². The summed E-state index contributed by atoms with van der Waals surface area (Å²) in [7, 11) is 3.35. The summed E-state index contributed by atoms with van der Waals surface area (Å²) in [5.74, 6) is 0. The summed E-state index contributed by atoms with van der Waals surface area (Å²) in [6.45, 7) is 1.91. The van der Waals surface area contributed by atoms with Crippen molar-refractivity contribution in [1.29, 1.82) is 0 Å². The van der Waals surface area contributed by atoms with E-state index in [0.29, 0.717) is 14.5 Å². The molecule has 4 atom stereocenters. The van der Waals surface area contributed by atoms with Crippen LogP contribution in [0.5, 0.6) is 0 Å². The highest BCUT2D eigenvalue weighted by Crippen LogP contribution is 2.27. The average Bonchev–Trinajstić information content (AvgIpc) is 2.63. The molecular weight excluding hydrogens is 226 g/mol. The van der Waals surface area contributed by atoms with E-state index in [-0.39, 0.29) is 6.10 Å². The number of nitrogens with one attached hydrogen (secondary N) is 1. The Morgan fingerprint density at radius 1 is 1.20 bits per heavy atom. The van der Waals surface area contributed by atoms with E-state index in [1.165, 1.54) is 32.1 Å². The van der Waals surface area contributed by atoms with Crippen LogP contribution in [0.2, 0.25) is 0 Å². The Balaban J connectivity index is 1.84. The molecule has 0 aromatic heterocycles. The Morgan fingerprint density at radius 2 is 1.93 bits per heavy atom. The molecule has 0 amide bonds. The predicted molar refractivity (Wildman–Crippen MR) is 69.4 cm³/mol. The maximum absolute atomic E-state index is 9.91. The maximum atomic E-state index is 9.91. The minimum absolute atomic E-state index is 0.167. The topological polar surface area (TPSA) is 35.5 Å². The molecule has 2 N–H and O–H groups in total. The molecular formula is C10H22N2OP2. The summed E-state index contributed by atoms with van der Waals surface area (Å²) >= 11 is 0. The fraction of sp³-hybridized carbons (Fsp3) is 1.00. The highest BCUT2D eigenvalue weighted by molar-refractivity contribution is 8.01. The molecule has 0 spiro atoms. The van der Waals surface area contributed by atoms with Crippen LogP contribution < -0.4 is 5.09 Å². The van der Waals surface area contributed by atoms with Gasteiger partial charge in [-0.05, 0) is 21.3 Å². The Morgan fingerprint density at radius 3 is 2.60 bits per heavy atom. The zero-order valence-corrected chi connectivity index (χ0v) is 11.3. The van der Waals surface area contributed by atoms with Gasteiger partial charge in [-0.2, -0.15) is 0 Å². The SMILES string of the molecule is O[C@H]1CN(C2CCCCC2)C[C@@H]1NPP. The van der Waals surface area contributed by atoms with E-state index in [1.54, 1.807) is 0 Å². The second kappa shape index (κ2) is 5.89. The Labute approximate surface area is 96.3 Å². The molecule has 0 bridgehead atoms. The van der Waals surface area contributed by atoms with E-state index in [1.807, 2.05) is 0 Å². The molecule has 0 aromatic rings. The van der Waals surface area contributed by atoms with Crippen LogP contribution in [-0.2, 0) is 0 Å². The van der Waals surface area contributed by atoms with Crippen molar-refractivity contribution in [3.05, 3.63) is 0 Å². The lowest BCUT2D eigenvalue weighted by molar-refractivity contribution is 0.138. The summed E-state index contributed by atoms with van der Waals surface area (Å²) in [4.78, 5) is 2.49. The summed E-state index contributed by atoms with van der Waals surface area (Å²) in [5.41, 5.74) is 0. The fourth-order valence-corrected chi connectivity index (χ4v) is 3.95. The number of β-amino-alcohol motifs (C(OH)–C–C–N with tert-alkyl or cyclic N) is 1. The van der Waals surface area contributed by atoms with Gasteiger partial charge in [0.25, 0.3) is 0 Å². The number of aliphatic hydroxyl groups is 1. The normalized spacial score (nSPS) is 35.6. The summed E-state index contributed by atoms with van der Waals surface area (Å²) in [5, 5.41) is 13.3. The van der Waals surface area contributed by atoms with Crippen molar-refractivity contribution in [1.82, 2.24) is 9.99 Å². The second-order valence-electron chi connectivity index (χ2n) is 4.71. The molecule has 15 heavy (non-hydrogen) atoms. The molecule has 1 saturated carbocycles. The van der Waals surface area contributed by atoms with Crippen molar-refractivity contribution in [2.45, 2.75) is 50.3 Å². The zero-order chi connectivity index (χ0) is 10.7. The molecule has 1 heterocycles. The largest absolute Gasteiger partial charge is 0.390 e. The van der Waals surface area contributed by atoms with E-state index in [4.69, 9.17) is 0 Å². The first-order chi connectivity index (χ1) is 7.31. The van der Waals surface area contributed by atoms with Crippen LogP contribution in [0.15, 0.2) is 0 Å². The zero-order valence-electron chi connectivity index (χ0n) is 9.15. The van der Waals surface area contributed by atoms with Crippen molar-refractivity contribution in [3.8, 4) is 0 Å². The van der Waals surface area contributed by atoms with Gasteiger partial charge in [0.2, 0.25) is 0 Å². The molecule has 88 valence electrons. The molecule has 1 aliphatic heterocycles. The van der Waals surface area contributed by atoms with Crippen LogP contribution >= 0.6 is 17.3 Å². The average molecular weight is 248 g/mol. The number of likely N-dealkylation sites (tertiary alicyclic amines) is 1. The third-order valence-electron chi connectivity index (χ3n) is 3.68. The number of aliphatic hydroxyl groups excluding tert-OH is 1. The molecule has 2 unspecified atom stereocenters. The second-order valence-corrected chi connectivity index (χ2v) is 6.15. The third-order valence-corrected chi connectivity index (χ3v) is 4.71. The summed E-state index contributed by atoms with van der Waals surface area (Å²) in [6.07, 6.45) is 6.66. The third kappa shape index (κ3) is 3.11. The lowest BCUT2D eigenvalue weighted by Crippen LogP contribution is -2.37. The van der Waals surface area contributed by atoms with Gasteiger partial charge in [-0.25, -0.2) is 0 Å².